The Hall–Kier alpha value is -3.88. The van der Waals surface area contributed by atoms with Gasteiger partial charge < -0.3 is 14.0 Å². The number of ether oxygens (including phenoxy) is 2. The molecule has 4 aromatic rings. The molecule has 2 aromatic heterocycles. The molecule has 0 aliphatic carbocycles. The lowest BCUT2D eigenvalue weighted by molar-refractivity contribution is 0.174. The van der Waals surface area contributed by atoms with Crippen LogP contribution in [0.3, 0.4) is 0 Å². The van der Waals surface area contributed by atoms with Crippen LogP contribution in [0.5, 0.6) is 11.5 Å². The van der Waals surface area contributed by atoms with Crippen molar-refractivity contribution in [2.24, 2.45) is 0 Å². The highest BCUT2D eigenvalue weighted by Crippen LogP contribution is 2.35. The number of para-hydroxylation sites is 1. The van der Waals surface area contributed by atoms with E-state index < -0.39 is 5.69 Å². The van der Waals surface area contributed by atoms with Gasteiger partial charge in [-0.2, -0.15) is 4.98 Å². The summed E-state index contributed by atoms with van der Waals surface area (Å²) in [5.41, 5.74) is 0.550. The van der Waals surface area contributed by atoms with Crippen LogP contribution >= 0.6 is 0 Å². The second-order valence-corrected chi connectivity index (χ2v) is 6.92. The first kappa shape index (κ1) is 18.2. The van der Waals surface area contributed by atoms with Crippen molar-refractivity contribution in [2.75, 3.05) is 6.79 Å². The van der Waals surface area contributed by atoms with Crippen molar-refractivity contribution in [3.63, 3.8) is 0 Å². The average molecular weight is 406 g/mol. The molecule has 9 heteroatoms. The van der Waals surface area contributed by atoms with Gasteiger partial charge in [0.25, 0.3) is 5.56 Å². The van der Waals surface area contributed by atoms with Crippen molar-refractivity contribution < 1.29 is 14.0 Å². The molecule has 0 saturated heterocycles. The summed E-state index contributed by atoms with van der Waals surface area (Å²) >= 11 is 0. The lowest BCUT2D eigenvalue weighted by atomic mass is 10.2. The molecule has 0 bridgehead atoms. The Bertz CT molecular complexity index is 1370. The SMILES string of the molecule is CCCn1c(=O)c2ccccc2n(Cc2nc(-c3ccc4c(c3)OCO4)no2)c1=O. The van der Waals surface area contributed by atoms with E-state index in [-0.39, 0.29) is 24.8 Å². The van der Waals surface area contributed by atoms with E-state index >= 15 is 0 Å². The van der Waals surface area contributed by atoms with Gasteiger partial charge in [-0.1, -0.05) is 24.2 Å². The summed E-state index contributed by atoms with van der Waals surface area (Å²) in [5.74, 6) is 1.92. The van der Waals surface area contributed by atoms with E-state index in [1.165, 1.54) is 9.13 Å². The van der Waals surface area contributed by atoms with Gasteiger partial charge >= 0.3 is 5.69 Å². The van der Waals surface area contributed by atoms with E-state index in [1.54, 1.807) is 36.4 Å². The molecule has 0 atom stereocenters. The third-order valence-electron chi connectivity index (χ3n) is 4.97. The summed E-state index contributed by atoms with van der Waals surface area (Å²) in [6.07, 6.45) is 0.669. The van der Waals surface area contributed by atoms with Crippen LogP contribution in [0.25, 0.3) is 22.3 Å². The Morgan fingerprint density at radius 3 is 2.73 bits per heavy atom. The predicted octanol–water partition coefficient (Wildman–Crippen LogP) is 2.40. The molecule has 0 fully saturated rings. The minimum Gasteiger partial charge on any atom is -0.454 e. The van der Waals surface area contributed by atoms with Crippen LogP contribution < -0.4 is 20.7 Å². The monoisotopic (exact) mass is 406 g/mol. The molecule has 5 rings (SSSR count). The topological polar surface area (TPSA) is 101 Å². The lowest BCUT2D eigenvalue weighted by Crippen LogP contribution is -2.40. The summed E-state index contributed by atoms with van der Waals surface area (Å²) in [6, 6.07) is 12.4. The molecule has 30 heavy (non-hydrogen) atoms. The molecule has 0 unspecified atom stereocenters. The maximum atomic E-state index is 13.0. The first-order chi connectivity index (χ1) is 14.7. The second-order valence-electron chi connectivity index (χ2n) is 6.92. The zero-order valence-corrected chi connectivity index (χ0v) is 16.2. The van der Waals surface area contributed by atoms with E-state index in [0.29, 0.717) is 46.8 Å². The number of nitrogens with zero attached hydrogens (tertiary/aromatic N) is 4. The summed E-state index contributed by atoms with van der Waals surface area (Å²) in [6.45, 7) is 2.50. The first-order valence-corrected chi connectivity index (χ1v) is 9.60. The number of hydrogen-bond acceptors (Lipinski definition) is 7. The third kappa shape index (κ3) is 2.95. The fourth-order valence-corrected chi connectivity index (χ4v) is 3.55. The zero-order chi connectivity index (χ0) is 20.7. The zero-order valence-electron chi connectivity index (χ0n) is 16.2. The number of benzene rings is 2. The number of rotatable bonds is 5. The molecule has 1 aliphatic rings. The predicted molar refractivity (Wildman–Crippen MR) is 108 cm³/mol. The van der Waals surface area contributed by atoms with Crippen LogP contribution in [0.15, 0.2) is 56.6 Å². The van der Waals surface area contributed by atoms with Gasteiger partial charge in [0.15, 0.2) is 11.5 Å². The normalized spacial score (nSPS) is 12.6. The molecular weight excluding hydrogens is 388 g/mol. The molecular formula is C21H18N4O5. The molecule has 9 nitrogen and oxygen atoms in total. The first-order valence-electron chi connectivity index (χ1n) is 9.60. The highest BCUT2D eigenvalue weighted by Gasteiger charge is 2.18. The van der Waals surface area contributed by atoms with Crippen molar-refractivity contribution >= 4 is 10.9 Å². The maximum Gasteiger partial charge on any atom is 0.331 e. The summed E-state index contributed by atoms with van der Waals surface area (Å²) in [4.78, 5) is 30.1. The second kappa shape index (κ2) is 7.18. The van der Waals surface area contributed by atoms with Gasteiger partial charge in [-0.3, -0.25) is 13.9 Å². The number of hydrogen-bond donors (Lipinski definition) is 0. The molecule has 0 spiro atoms. The quantitative estimate of drug-likeness (QED) is 0.501. The van der Waals surface area contributed by atoms with Crippen LogP contribution in [-0.2, 0) is 13.1 Å². The fraction of sp³-hybridized carbons (Fsp3) is 0.238. The summed E-state index contributed by atoms with van der Waals surface area (Å²) in [5, 5.41) is 4.50. The van der Waals surface area contributed by atoms with Gasteiger partial charge in [-0.05, 0) is 36.8 Å². The Morgan fingerprint density at radius 1 is 1.03 bits per heavy atom. The van der Waals surface area contributed by atoms with Gasteiger partial charge in [0.2, 0.25) is 18.5 Å². The van der Waals surface area contributed by atoms with Crippen molar-refractivity contribution in [2.45, 2.75) is 26.4 Å². The lowest BCUT2D eigenvalue weighted by Gasteiger charge is -2.12. The summed E-state index contributed by atoms with van der Waals surface area (Å²) < 4.78 is 18.8. The number of fused-ring (bicyclic) bond motifs is 2. The number of aromatic nitrogens is 4. The minimum absolute atomic E-state index is 0.0564. The van der Waals surface area contributed by atoms with E-state index in [2.05, 4.69) is 10.1 Å². The van der Waals surface area contributed by atoms with Gasteiger partial charge in [-0.25, -0.2) is 4.79 Å². The van der Waals surface area contributed by atoms with Gasteiger partial charge in [-0.15, -0.1) is 0 Å². The third-order valence-corrected chi connectivity index (χ3v) is 4.97. The Kier molecular flexibility index (Phi) is 4.35. The van der Waals surface area contributed by atoms with Crippen LogP contribution in [-0.4, -0.2) is 26.1 Å². The van der Waals surface area contributed by atoms with Crippen molar-refractivity contribution in [3.8, 4) is 22.9 Å². The molecule has 3 heterocycles. The standard InChI is InChI=1S/C21H18N4O5/c1-2-9-24-20(26)14-5-3-4-6-15(14)25(21(24)27)11-18-22-19(23-30-18)13-7-8-16-17(10-13)29-12-28-16/h3-8,10H,2,9,11-12H2,1H3. The van der Waals surface area contributed by atoms with E-state index in [4.69, 9.17) is 14.0 Å². The molecule has 152 valence electrons. The summed E-state index contributed by atoms with van der Waals surface area (Å²) in [7, 11) is 0. The van der Waals surface area contributed by atoms with E-state index in [9.17, 15) is 9.59 Å². The Morgan fingerprint density at radius 2 is 1.87 bits per heavy atom. The fourth-order valence-electron chi connectivity index (χ4n) is 3.55. The van der Waals surface area contributed by atoms with Crippen LogP contribution in [0, 0.1) is 0 Å². The largest absolute Gasteiger partial charge is 0.454 e. The molecule has 2 aromatic carbocycles. The van der Waals surface area contributed by atoms with Gasteiger partial charge in [0.05, 0.1) is 10.9 Å². The molecule has 0 N–H and O–H groups in total. The maximum absolute atomic E-state index is 13.0. The minimum atomic E-state index is -0.400. The Labute approximate surface area is 170 Å². The highest BCUT2D eigenvalue weighted by atomic mass is 16.7. The van der Waals surface area contributed by atoms with E-state index in [0.717, 1.165) is 0 Å². The van der Waals surface area contributed by atoms with Crippen molar-refractivity contribution in [1.29, 1.82) is 0 Å². The van der Waals surface area contributed by atoms with Crippen molar-refractivity contribution in [3.05, 3.63) is 69.2 Å². The van der Waals surface area contributed by atoms with Crippen LogP contribution in [0.2, 0.25) is 0 Å². The van der Waals surface area contributed by atoms with E-state index in [1.807, 2.05) is 13.0 Å². The molecule has 1 aliphatic heterocycles. The molecule has 0 saturated carbocycles. The van der Waals surface area contributed by atoms with Crippen molar-refractivity contribution in [1.82, 2.24) is 19.3 Å². The molecule has 0 amide bonds. The molecule has 0 radical (unpaired) electrons. The smallest absolute Gasteiger partial charge is 0.331 e. The van der Waals surface area contributed by atoms with Gasteiger partial charge in [0.1, 0.15) is 6.54 Å². The highest BCUT2D eigenvalue weighted by molar-refractivity contribution is 5.77. The average Bonchev–Trinajstić information content (AvgIpc) is 3.43. The Balaban J connectivity index is 1.55. The van der Waals surface area contributed by atoms with Crippen LogP contribution in [0.1, 0.15) is 19.2 Å². The van der Waals surface area contributed by atoms with Gasteiger partial charge in [0, 0.05) is 12.1 Å². The van der Waals surface area contributed by atoms with Crippen LogP contribution in [0.4, 0.5) is 0 Å².